The first-order valence-corrected chi connectivity index (χ1v) is 7.86. The second kappa shape index (κ2) is 6.08. The van der Waals surface area contributed by atoms with Gasteiger partial charge in [-0.2, -0.15) is 0 Å². The van der Waals surface area contributed by atoms with Gasteiger partial charge >= 0.3 is 0 Å². The molecule has 22 heavy (non-hydrogen) atoms. The smallest absolute Gasteiger partial charge is 0.271 e. The number of amides is 1. The lowest BCUT2D eigenvalue weighted by atomic mass is 10.3. The number of benzene rings is 1. The van der Waals surface area contributed by atoms with Gasteiger partial charge in [-0.25, -0.2) is 4.98 Å². The summed E-state index contributed by atoms with van der Waals surface area (Å²) in [6.45, 7) is -0.150. The van der Waals surface area contributed by atoms with Crippen LogP contribution in [0.15, 0.2) is 40.8 Å². The molecule has 0 saturated heterocycles. The number of carbonyl (C=O) groups excluding carboxylic acids is 1. The van der Waals surface area contributed by atoms with E-state index in [9.17, 15) is 9.59 Å². The highest BCUT2D eigenvalue weighted by Gasteiger charge is 2.11. The van der Waals surface area contributed by atoms with Crippen molar-refractivity contribution in [3.8, 4) is 0 Å². The molecule has 0 saturated carbocycles. The van der Waals surface area contributed by atoms with Crippen molar-refractivity contribution in [1.82, 2.24) is 9.55 Å². The van der Waals surface area contributed by atoms with E-state index in [1.165, 1.54) is 22.2 Å². The topological polar surface area (TPSA) is 64.0 Å². The minimum absolute atomic E-state index is 0.150. The van der Waals surface area contributed by atoms with Crippen molar-refractivity contribution < 1.29 is 4.79 Å². The molecule has 1 aromatic carbocycles. The lowest BCUT2D eigenvalue weighted by molar-refractivity contribution is -0.116. The summed E-state index contributed by atoms with van der Waals surface area (Å²) < 4.78 is 1.78. The number of fused-ring (bicyclic) bond motifs is 1. The third kappa shape index (κ3) is 2.85. The Bertz CT molecular complexity index is 920. The van der Waals surface area contributed by atoms with Gasteiger partial charge in [-0.3, -0.25) is 14.2 Å². The summed E-state index contributed by atoms with van der Waals surface area (Å²) in [6.07, 6.45) is 1.36. The molecule has 5 nitrogen and oxygen atoms in total. The number of anilines is 1. The third-order valence-corrected chi connectivity index (χ3v) is 4.69. The van der Waals surface area contributed by atoms with Gasteiger partial charge in [0.2, 0.25) is 5.91 Å². The second-order valence-electron chi connectivity index (χ2n) is 4.46. The molecule has 0 radical (unpaired) electrons. The molecule has 0 spiro atoms. The van der Waals surface area contributed by atoms with Crippen LogP contribution in [0, 0.1) is 0 Å². The number of thiophene rings is 1. The Labute approximate surface area is 139 Å². The Hall–Kier alpha value is -1.89. The summed E-state index contributed by atoms with van der Waals surface area (Å²) >= 11 is 13.2. The van der Waals surface area contributed by atoms with E-state index in [0.717, 1.165) is 0 Å². The fourth-order valence-electron chi connectivity index (χ4n) is 1.94. The van der Waals surface area contributed by atoms with Crippen LogP contribution in [0.4, 0.5) is 5.69 Å². The van der Waals surface area contributed by atoms with Gasteiger partial charge in [-0.05, 0) is 23.6 Å². The van der Waals surface area contributed by atoms with Gasteiger partial charge in [0.25, 0.3) is 5.56 Å². The van der Waals surface area contributed by atoms with E-state index >= 15 is 0 Å². The van der Waals surface area contributed by atoms with Crippen molar-refractivity contribution in [2.75, 3.05) is 5.32 Å². The maximum Gasteiger partial charge on any atom is 0.271 e. The normalized spacial score (nSPS) is 10.8. The average Bonchev–Trinajstić information content (AvgIpc) is 2.96. The molecule has 0 aliphatic heterocycles. The van der Waals surface area contributed by atoms with Crippen molar-refractivity contribution in [2.24, 2.45) is 0 Å². The molecule has 3 rings (SSSR count). The summed E-state index contributed by atoms with van der Waals surface area (Å²) in [5, 5.41) is 5.02. The molecule has 0 unspecified atom stereocenters. The maximum atomic E-state index is 12.2. The molecule has 8 heteroatoms. The first-order valence-electron chi connectivity index (χ1n) is 6.23. The summed E-state index contributed by atoms with van der Waals surface area (Å²) in [5.41, 5.74) is 0.786. The van der Waals surface area contributed by atoms with Crippen LogP contribution in [0.5, 0.6) is 0 Å². The molecular weight excluding hydrogens is 345 g/mol. The number of aromatic nitrogens is 2. The Balaban J connectivity index is 1.83. The number of hydrogen-bond donors (Lipinski definition) is 1. The number of nitrogens with one attached hydrogen (secondary N) is 1. The van der Waals surface area contributed by atoms with Crippen LogP contribution in [0.2, 0.25) is 10.0 Å². The van der Waals surface area contributed by atoms with Crippen molar-refractivity contribution in [1.29, 1.82) is 0 Å². The molecule has 0 aliphatic rings. The molecule has 0 aliphatic carbocycles. The van der Waals surface area contributed by atoms with Crippen molar-refractivity contribution >= 4 is 56.3 Å². The zero-order valence-electron chi connectivity index (χ0n) is 11.0. The van der Waals surface area contributed by atoms with E-state index in [4.69, 9.17) is 23.2 Å². The van der Waals surface area contributed by atoms with Gasteiger partial charge in [-0.15, -0.1) is 11.3 Å². The molecule has 1 amide bonds. The van der Waals surface area contributed by atoms with E-state index in [2.05, 4.69) is 10.3 Å². The number of carbonyl (C=O) groups is 1. The van der Waals surface area contributed by atoms with E-state index in [1.807, 2.05) is 0 Å². The molecule has 112 valence electrons. The second-order valence-corrected chi connectivity index (χ2v) is 6.16. The molecule has 0 fully saturated rings. The van der Waals surface area contributed by atoms with Crippen LogP contribution >= 0.6 is 34.5 Å². The monoisotopic (exact) mass is 353 g/mol. The maximum absolute atomic E-state index is 12.2. The van der Waals surface area contributed by atoms with Gasteiger partial charge in [-0.1, -0.05) is 29.3 Å². The van der Waals surface area contributed by atoms with Gasteiger partial charge in [0.05, 0.1) is 27.6 Å². The standard InChI is InChI=1S/C14H9Cl2N3O2S/c15-8-2-1-3-9(12(8)16)18-11(20)6-19-7-17-10-4-5-22-13(10)14(19)21/h1-5,7H,6H2,(H,18,20). The summed E-state index contributed by atoms with van der Waals surface area (Å²) in [5.74, 6) is -0.385. The first kappa shape index (κ1) is 15.0. The van der Waals surface area contributed by atoms with Crippen LogP contribution in [0.25, 0.3) is 10.2 Å². The third-order valence-electron chi connectivity index (χ3n) is 2.98. The molecular formula is C14H9Cl2N3O2S. The zero-order chi connectivity index (χ0) is 15.7. The minimum atomic E-state index is -0.385. The quantitative estimate of drug-likeness (QED) is 0.784. The van der Waals surface area contributed by atoms with Gasteiger partial charge in [0, 0.05) is 0 Å². The number of rotatable bonds is 3. The first-order chi connectivity index (χ1) is 10.6. The van der Waals surface area contributed by atoms with Crippen LogP contribution in [0.3, 0.4) is 0 Å². The van der Waals surface area contributed by atoms with Crippen LogP contribution < -0.4 is 10.9 Å². The summed E-state index contributed by atoms with van der Waals surface area (Å²) in [4.78, 5) is 28.4. The largest absolute Gasteiger partial charge is 0.323 e. The molecule has 3 aromatic rings. The van der Waals surface area contributed by atoms with Crippen molar-refractivity contribution in [2.45, 2.75) is 6.54 Å². The average molecular weight is 354 g/mol. The van der Waals surface area contributed by atoms with Crippen molar-refractivity contribution in [3.63, 3.8) is 0 Å². The molecule has 0 bridgehead atoms. The van der Waals surface area contributed by atoms with Gasteiger partial charge in [0.15, 0.2) is 0 Å². The fourth-order valence-corrected chi connectivity index (χ4v) is 3.08. The Morgan fingerprint density at radius 1 is 1.32 bits per heavy atom. The minimum Gasteiger partial charge on any atom is -0.323 e. The lowest BCUT2D eigenvalue weighted by Gasteiger charge is -2.09. The molecule has 2 heterocycles. The number of nitrogens with zero attached hydrogens (tertiary/aromatic N) is 2. The molecule has 0 atom stereocenters. The van der Waals surface area contributed by atoms with Gasteiger partial charge in [0.1, 0.15) is 11.2 Å². The lowest BCUT2D eigenvalue weighted by Crippen LogP contribution is -2.27. The summed E-state index contributed by atoms with van der Waals surface area (Å²) in [7, 11) is 0. The Morgan fingerprint density at radius 3 is 2.95 bits per heavy atom. The number of hydrogen-bond acceptors (Lipinski definition) is 4. The van der Waals surface area contributed by atoms with Crippen LogP contribution in [-0.2, 0) is 11.3 Å². The van der Waals surface area contributed by atoms with Crippen LogP contribution in [-0.4, -0.2) is 15.5 Å². The van der Waals surface area contributed by atoms with E-state index < -0.39 is 0 Å². The Kier molecular flexibility index (Phi) is 4.15. The fraction of sp³-hybridized carbons (Fsp3) is 0.0714. The van der Waals surface area contributed by atoms with E-state index in [1.54, 1.807) is 29.6 Å². The van der Waals surface area contributed by atoms with E-state index in [0.29, 0.717) is 20.9 Å². The highest BCUT2D eigenvalue weighted by molar-refractivity contribution is 7.17. The Morgan fingerprint density at radius 2 is 2.14 bits per heavy atom. The molecule has 1 N–H and O–H groups in total. The summed E-state index contributed by atoms with van der Waals surface area (Å²) in [6, 6.07) is 6.70. The highest BCUT2D eigenvalue weighted by atomic mass is 35.5. The molecule has 2 aromatic heterocycles. The number of halogens is 2. The zero-order valence-corrected chi connectivity index (χ0v) is 13.4. The SMILES string of the molecule is O=C(Cn1cnc2ccsc2c1=O)Nc1cccc(Cl)c1Cl. The van der Waals surface area contributed by atoms with Crippen LogP contribution in [0.1, 0.15) is 0 Å². The van der Waals surface area contributed by atoms with E-state index in [-0.39, 0.29) is 23.0 Å². The predicted molar refractivity (Wildman–Crippen MR) is 89.0 cm³/mol. The van der Waals surface area contributed by atoms with Crippen molar-refractivity contribution in [3.05, 3.63) is 56.4 Å². The highest BCUT2D eigenvalue weighted by Crippen LogP contribution is 2.29. The van der Waals surface area contributed by atoms with Gasteiger partial charge < -0.3 is 5.32 Å². The predicted octanol–water partition coefficient (Wildman–Crippen LogP) is 3.40.